The van der Waals surface area contributed by atoms with Crippen molar-refractivity contribution in [3.8, 4) is 0 Å². The highest BCUT2D eigenvalue weighted by atomic mass is 32.2. The van der Waals surface area contributed by atoms with Crippen LogP contribution < -0.4 is 16.0 Å². The minimum Gasteiger partial charge on any atom is -0.378 e. The molecule has 1 saturated heterocycles. The van der Waals surface area contributed by atoms with Crippen LogP contribution in [0.25, 0.3) is 0 Å². The van der Waals surface area contributed by atoms with Gasteiger partial charge in [0.05, 0.1) is 9.82 Å². The number of anilines is 1. The largest absolute Gasteiger partial charge is 0.378 e. The highest BCUT2D eigenvalue weighted by Crippen LogP contribution is 2.27. The Hall–Kier alpha value is -2.20. The first-order chi connectivity index (χ1) is 11.7. The Morgan fingerprint density at radius 3 is 2.60 bits per heavy atom. The summed E-state index contributed by atoms with van der Waals surface area (Å²) in [5.41, 5.74) is -0.106. The van der Waals surface area contributed by atoms with Crippen molar-refractivity contribution >= 4 is 27.1 Å². The number of benzene rings is 1. The zero-order valence-corrected chi connectivity index (χ0v) is 14.9. The van der Waals surface area contributed by atoms with E-state index in [2.05, 4.69) is 16.0 Å². The zero-order valence-electron chi connectivity index (χ0n) is 14.1. The summed E-state index contributed by atoms with van der Waals surface area (Å²) in [7, 11) is -3.52. The van der Waals surface area contributed by atoms with E-state index in [0.29, 0.717) is 19.0 Å². The van der Waals surface area contributed by atoms with Gasteiger partial charge in [-0.25, -0.2) is 8.42 Å². The molecule has 2 rings (SSSR count). The number of carbonyl (C=O) groups is 1. The van der Waals surface area contributed by atoms with E-state index in [1.54, 1.807) is 0 Å². The molecule has 0 aliphatic carbocycles. The molecule has 0 saturated carbocycles. The normalized spacial score (nSPS) is 15.9. The summed E-state index contributed by atoms with van der Waals surface area (Å²) in [5.74, 6) is 0.220. The van der Waals surface area contributed by atoms with Crippen molar-refractivity contribution < 1.29 is 18.1 Å². The van der Waals surface area contributed by atoms with Crippen LogP contribution >= 0.6 is 0 Å². The first-order valence-corrected chi connectivity index (χ1v) is 9.80. The minimum absolute atomic E-state index is 0.0461. The number of nitro groups is 1. The third-order valence-electron chi connectivity index (χ3n) is 4.27. The highest BCUT2D eigenvalue weighted by molar-refractivity contribution is 7.90. The van der Waals surface area contributed by atoms with Gasteiger partial charge in [-0.3, -0.25) is 14.9 Å². The van der Waals surface area contributed by atoms with E-state index >= 15 is 0 Å². The van der Waals surface area contributed by atoms with Crippen LogP contribution in [0.2, 0.25) is 0 Å². The van der Waals surface area contributed by atoms with Crippen molar-refractivity contribution in [3.63, 3.8) is 0 Å². The van der Waals surface area contributed by atoms with Crippen LogP contribution in [-0.2, 0) is 14.6 Å². The van der Waals surface area contributed by atoms with Crippen molar-refractivity contribution in [3.05, 3.63) is 28.3 Å². The van der Waals surface area contributed by atoms with E-state index in [1.165, 1.54) is 12.1 Å². The second-order valence-electron chi connectivity index (χ2n) is 6.13. The van der Waals surface area contributed by atoms with Crippen LogP contribution in [0, 0.1) is 22.0 Å². The van der Waals surface area contributed by atoms with Gasteiger partial charge in [-0.05, 0) is 31.1 Å². The summed E-state index contributed by atoms with van der Waals surface area (Å²) in [6.45, 7) is 4.16. The molecule has 25 heavy (non-hydrogen) atoms. The van der Waals surface area contributed by atoms with Crippen LogP contribution in [0.5, 0.6) is 0 Å². The number of hydrogen-bond donors (Lipinski definition) is 3. The van der Waals surface area contributed by atoms with Gasteiger partial charge in [0, 0.05) is 31.3 Å². The number of sulfone groups is 1. The molecule has 10 heteroatoms. The molecule has 1 heterocycles. The predicted molar refractivity (Wildman–Crippen MR) is 93.2 cm³/mol. The lowest BCUT2D eigenvalue weighted by molar-refractivity contribution is -0.384. The number of nitrogens with zero attached hydrogens (tertiary/aromatic N) is 1. The molecule has 1 fully saturated rings. The summed E-state index contributed by atoms with van der Waals surface area (Å²) >= 11 is 0. The molecule has 1 aliphatic rings. The average molecular weight is 370 g/mol. The smallest absolute Gasteiger partial charge is 0.293 e. The van der Waals surface area contributed by atoms with E-state index in [-0.39, 0.29) is 28.1 Å². The lowest BCUT2D eigenvalue weighted by Crippen LogP contribution is -2.50. The molecule has 1 amide bonds. The summed E-state index contributed by atoms with van der Waals surface area (Å²) < 4.78 is 23.0. The van der Waals surface area contributed by atoms with E-state index < -0.39 is 14.8 Å². The number of amides is 1. The summed E-state index contributed by atoms with van der Waals surface area (Å²) in [6.07, 6.45) is 0.994. The molecule has 1 aromatic rings. The van der Waals surface area contributed by atoms with Gasteiger partial charge < -0.3 is 16.0 Å². The maximum atomic E-state index is 12.0. The Morgan fingerprint density at radius 2 is 2.08 bits per heavy atom. The summed E-state index contributed by atoms with van der Waals surface area (Å²) in [5, 5.41) is 19.9. The van der Waals surface area contributed by atoms with E-state index in [4.69, 9.17) is 0 Å². The fourth-order valence-corrected chi connectivity index (χ4v) is 3.11. The fourth-order valence-electron chi connectivity index (χ4n) is 2.47. The Balaban J connectivity index is 1.91. The molecule has 1 aliphatic heterocycles. The molecule has 1 atom stereocenters. The van der Waals surface area contributed by atoms with Gasteiger partial charge in [-0.15, -0.1) is 0 Å². The van der Waals surface area contributed by atoms with E-state index in [1.807, 2.05) is 6.92 Å². The molecule has 0 spiro atoms. The second kappa shape index (κ2) is 7.79. The lowest BCUT2D eigenvalue weighted by atomic mass is 9.88. The van der Waals surface area contributed by atoms with Gasteiger partial charge in [0.2, 0.25) is 5.91 Å². The molecule has 0 bridgehead atoms. The first kappa shape index (κ1) is 19.1. The van der Waals surface area contributed by atoms with Gasteiger partial charge >= 0.3 is 0 Å². The Bertz CT molecular complexity index is 761. The van der Waals surface area contributed by atoms with Gasteiger partial charge in [-0.2, -0.15) is 0 Å². The SMILES string of the molecule is CC(C(=O)NCCNc1ccc(S(C)(=O)=O)cc1[N+](=O)[O-])C1CNC1. The molecule has 1 unspecified atom stereocenters. The molecule has 0 radical (unpaired) electrons. The molecular weight excluding hydrogens is 348 g/mol. The Labute approximate surface area is 146 Å². The van der Waals surface area contributed by atoms with Gasteiger partial charge in [0.25, 0.3) is 5.69 Å². The van der Waals surface area contributed by atoms with Gasteiger partial charge in [0.15, 0.2) is 9.84 Å². The van der Waals surface area contributed by atoms with Crippen molar-refractivity contribution in [1.29, 1.82) is 0 Å². The predicted octanol–water partition coefficient (Wildman–Crippen LogP) is 0.382. The van der Waals surface area contributed by atoms with Gasteiger partial charge in [-0.1, -0.05) is 6.92 Å². The second-order valence-corrected chi connectivity index (χ2v) is 8.15. The van der Waals surface area contributed by atoms with Gasteiger partial charge in [0.1, 0.15) is 5.69 Å². The third kappa shape index (κ3) is 4.89. The Kier molecular flexibility index (Phi) is 5.96. The molecule has 9 nitrogen and oxygen atoms in total. The number of nitrogens with one attached hydrogen (secondary N) is 3. The molecule has 3 N–H and O–H groups in total. The van der Waals surface area contributed by atoms with Crippen LogP contribution in [0.15, 0.2) is 23.1 Å². The quantitative estimate of drug-likeness (QED) is 0.342. The highest BCUT2D eigenvalue weighted by Gasteiger charge is 2.28. The third-order valence-corrected chi connectivity index (χ3v) is 5.38. The van der Waals surface area contributed by atoms with Crippen molar-refractivity contribution in [1.82, 2.24) is 10.6 Å². The van der Waals surface area contributed by atoms with Crippen molar-refractivity contribution in [2.45, 2.75) is 11.8 Å². The average Bonchev–Trinajstić information content (AvgIpc) is 2.48. The van der Waals surface area contributed by atoms with Crippen LogP contribution in [0.3, 0.4) is 0 Å². The van der Waals surface area contributed by atoms with E-state index in [9.17, 15) is 23.3 Å². The van der Waals surface area contributed by atoms with Crippen molar-refractivity contribution in [2.24, 2.45) is 11.8 Å². The maximum absolute atomic E-state index is 12.0. The summed E-state index contributed by atoms with van der Waals surface area (Å²) in [4.78, 5) is 22.4. The number of hydrogen-bond acceptors (Lipinski definition) is 7. The van der Waals surface area contributed by atoms with Crippen LogP contribution in [-0.4, -0.2) is 51.7 Å². The molecule has 0 aromatic heterocycles. The first-order valence-electron chi connectivity index (χ1n) is 7.91. The van der Waals surface area contributed by atoms with Crippen LogP contribution in [0.1, 0.15) is 6.92 Å². The molecule has 138 valence electrons. The Morgan fingerprint density at radius 1 is 1.40 bits per heavy atom. The fraction of sp³-hybridized carbons (Fsp3) is 0.533. The van der Waals surface area contributed by atoms with E-state index in [0.717, 1.165) is 25.4 Å². The topological polar surface area (TPSA) is 130 Å². The lowest BCUT2D eigenvalue weighted by Gasteiger charge is -2.31. The number of nitro benzene ring substituents is 1. The van der Waals surface area contributed by atoms with Crippen molar-refractivity contribution in [2.75, 3.05) is 37.8 Å². The monoisotopic (exact) mass is 370 g/mol. The maximum Gasteiger partial charge on any atom is 0.293 e. The number of carbonyl (C=O) groups excluding carboxylic acids is 1. The summed E-state index contributed by atoms with van der Waals surface area (Å²) in [6, 6.07) is 3.70. The molecule has 1 aromatic carbocycles. The number of rotatable bonds is 8. The minimum atomic E-state index is -3.52. The van der Waals surface area contributed by atoms with Crippen LogP contribution in [0.4, 0.5) is 11.4 Å². The molecular formula is C15H22N4O5S. The standard InChI is InChI=1S/C15H22N4O5S/c1-10(11-8-16-9-11)15(20)18-6-5-17-13-4-3-12(25(2,23)24)7-14(13)19(21)22/h3-4,7,10-11,16-17H,5-6,8-9H2,1-2H3,(H,18,20). The zero-order chi connectivity index (χ0) is 18.6.